The molecule has 1 aromatic heterocycles. The van der Waals surface area contributed by atoms with Gasteiger partial charge in [0.1, 0.15) is 0 Å². The van der Waals surface area contributed by atoms with E-state index >= 15 is 0 Å². The highest BCUT2D eigenvalue weighted by molar-refractivity contribution is 7.79. The lowest BCUT2D eigenvalue weighted by atomic mass is 10.1. The van der Waals surface area contributed by atoms with Crippen LogP contribution < -0.4 is 5.43 Å². The summed E-state index contributed by atoms with van der Waals surface area (Å²) in [5, 5.41) is 1.61. The van der Waals surface area contributed by atoms with Gasteiger partial charge in [-0.2, -0.15) is 12.6 Å². The van der Waals surface area contributed by atoms with Gasteiger partial charge in [0.25, 0.3) is 0 Å². The van der Waals surface area contributed by atoms with Crippen LogP contribution in [0.25, 0.3) is 20.2 Å². The van der Waals surface area contributed by atoms with Crippen LogP contribution in [0.3, 0.4) is 0 Å². The third-order valence-electron chi connectivity index (χ3n) is 2.82. The first-order valence-electron chi connectivity index (χ1n) is 5.35. The molecule has 0 aliphatic carbocycles. The van der Waals surface area contributed by atoms with Crippen molar-refractivity contribution in [2.24, 2.45) is 0 Å². The fourth-order valence-electron chi connectivity index (χ4n) is 1.95. The largest absolute Gasteiger partial charge is 0.289 e. The predicted octanol–water partition coefficient (Wildman–Crippen LogP) is 3.84. The number of rotatable bonds is 1. The Kier molecular flexibility index (Phi) is 2.65. The standard InChI is InChI=1S/C14H10OS2/c15-14-10-3-1-2-4-12(10)17-13-6-5-9(8-16)7-11(13)14/h1-7,16H,8H2. The van der Waals surface area contributed by atoms with Gasteiger partial charge >= 0.3 is 0 Å². The van der Waals surface area contributed by atoms with Crippen molar-refractivity contribution in [3.63, 3.8) is 0 Å². The monoisotopic (exact) mass is 258 g/mol. The normalized spacial score (nSPS) is 11.1. The van der Waals surface area contributed by atoms with Crippen LogP contribution in [-0.2, 0) is 5.75 Å². The summed E-state index contributed by atoms with van der Waals surface area (Å²) in [6, 6.07) is 13.7. The number of thiol groups is 1. The fourth-order valence-corrected chi connectivity index (χ4v) is 3.20. The molecule has 3 aromatic rings. The molecule has 0 bridgehead atoms. The van der Waals surface area contributed by atoms with Gasteiger partial charge in [-0.1, -0.05) is 18.2 Å². The minimum Gasteiger partial charge on any atom is -0.289 e. The third kappa shape index (κ3) is 1.75. The molecule has 0 saturated heterocycles. The van der Waals surface area contributed by atoms with E-state index in [1.165, 1.54) is 0 Å². The van der Waals surface area contributed by atoms with Crippen molar-refractivity contribution in [3.05, 3.63) is 58.3 Å². The van der Waals surface area contributed by atoms with Gasteiger partial charge in [-0.25, -0.2) is 0 Å². The lowest BCUT2D eigenvalue weighted by molar-refractivity contribution is 1.46. The summed E-state index contributed by atoms with van der Waals surface area (Å²) in [5.41, 5.74) is 1.21. The summed E-state index contributed by atoms with van der Waals surface area (Å²) in [6.45, 7) is 0. The van der Waals surface area contributed by atoms with E-state index in [1.807, 2.05) is 42.5 Å². The average Bonchev–Trinajstić information content (AvgIpc) is 2.39. The van der Waals surface area contributed by atoms with Crippen LogP contribution in [0.2, 0.25) is 0 Å². The van der Waals surface area contributed by atoms with E-state index in [9.17, 15) is 4.79 Å². The summed E-state index contributed by atoms with van der Waals surface area (Å²) >= 11 is 5.90. The van der Waals surface area contributed by atoms with Gasteiger partial charge in [0, 0.05) is 25.9 Å². The van der Waals surface area contributed by atoms with Gasteiger partial charge in [-0.15, -0.1) is 11.3 Å². The van der Waals surface area contributed by atoms with Crippen molar-refractivity contribution < 1.29 is 0 Å². The Bertz CT molecular complexity index is 759. The smallest absolute Gasteiger partial charge is 0.195 e. The summed E-state index contributed by atoms with van der Waals surface area (Å²) in [7, 11) is 0. The first kappa shape index (κ1) is 10.8. The molecule has 84 valence electrons. The van der Waals surface area contributed by atoms with Crippen LogP contribution in [0.1, 0.15) is 5.56 Å². The second kappa shape index (κ2) is 4.17. The third-order valence-corrected chi connectivity index (χ3v) is 4.34. The zero-order chi connectivity index (χ0) is 11.8. The highest BCUT2D eigenvalue weighted by atomic mass is 32.1. The van der Waals surface area contributed by atoms with Crippen molar-refractivity contribution in [1.82, 2.24) is 0 Å². The van der Waals surface area contributed by atoms with Crippen LogP contribution in [0, 0.1) is 0 Å². The summed E-state index contributed by atoms with van der Waals surface area (Å²) in [6.07, 6.45) is 0. The molecular weight excluding hydrogens is 248 g/mol. The highest BCUT2D eigenvalue weighted by Crippen LogP contribution is 2.25. The van der Waals surface area contributed by atoms with Crippen LogP contribution in [-0.4, -0.2) is 0 Å². The molecule has 3 rings (SSSR count). The molecule has 0 radical (unpaired) electrons. The quantitative estimate of drug-likeness (QED) is 0.518. The van der Waals surface area contributed by atoms with E-state index < -0.39 is 0 Å². The van der Waals surface area contributed by atoms with Crippen molar-refractivity contribution in [1.29, 1.82) is 0 Å². The fraction of sp³-hybridized carbons (Fsp3) is 0.0714. The van der Waals surface area contributed by atoms with E-state index in [1.54, 1.807) is 11.3 Å². The molecule has 17 heavy (non-hydrogen) atoms. The molecule has 0 N–H and O–H groups in total. The molecule has 2 aromatic carbocycles. The van der Waals surface area contributed by atoms with Gasteiger partial charge < -0.3 is 0 Å². The SMILES string of the molecule is O=c1c2ccccc2sc2ccc(CS)cc12. The molecule has 0 aliphatic rings. The zero-order valence-corrected chi connectivity index (χ0v) is 10.7. The first-order valence-corrected chi connectivity index (χ1v) is 6.80. The number of fused-ring (bicyclic) bond motifs is 2. The molecule has 0 aliphatic heterocycles. The predicted molar refractivity (Wildman–Crippen MR) is 78.3 cm³/mol. The van der Waals surface area contributed by atoms with Gasteiger partial charge in [-0.05, 0) is 29.8 Å². The van der Waals surface area contributed by atoms with Crippen LogP contribution >= 0.6 is 24.0 Å². The van der Waals surface area contributed by atoms with Crippen LogP contribution in [0.4, 0.5) is 0 Å². The molecule has 1 nitrogen and oxygen atoms in total. The number of hydrogen-bond acceptors (Lipinski definition) is 3. The van der Waals surface area contributed by atoms with Crippen molar-refractivity contribution >= 4 is 44.1 Å². The second-order valence-electron chi connectivity index (χ2n) is 3.92. The van der Waals surface area contributed by atoms with E-state index in [4.69, 9.17) is 0 Å². The van der Waals surface area contributed by atoms with Gasteiger partial charge in [0.2, 0.25) is 0 Å². The topological polar surface area (TPSA) is 17.1 Å². The maximum Gasteiger partial charge on any atom is 0.195 e. The van der Waals surface area contributed by atoms with Crippen molar-refractivity contribution in [3.8, 4) is 0 Å². The van der Waals surface area contributed by atoms with E-state index in [2.05, 4.69) is 12.6 Å². The molecule has 0 unspecified atom stereocenters. The van der Waals surface area contributed by atoms with Crippen LogP contribution in [0.15, 0.2) is 47.3 Å². The molecule has 0 saturated carbocycles. The molecular formula is C14H10OS2. The highest BCUT2D eigenvalue weighted by Gasteiger charge is 2.05. The lowest BCUT2D eigenvalue weighted by Crippen LogP contribution is -2.01. The molecule has 0 amide bonds. The van der Waals surface area contributed by atoms with Gasteiger partial charge in [0.05, 0.1) is 0 Å². The molecule has 3 heteroatoms. The number of benzene rings is 2. The Labute approximate surface area is 108 Å². The van der Waals surface area contributed by atoms with Crippen LogP contribution in [0.5, 0.6) is 0 Å². The van der Waals surface area contributed by atoms with E-state index in [0.29, 0.717) is 5.75 Å². The average molecular weight is 258 g/mol. The Morgan fingerprint density at radius 3 is 2.59 bits per heavy atom. The first-order chi connectivity index (χ1) is 8.29. The van der Waals surface area contributed by atoms with E-state index in [0.717, 1.165) is 25.7 Å². The maximum absolute atomic E-state index is 12.3. The summed E-state index contributed by atoms with van der Waals surface area (Å²) in [4.78, 5) is 12.3. The maximum atomic E-state index is 12.3. The molecule has 1 heterocycles. The lowest BCUT2D eigenvalue weighted by Gasteiger charge is -2.02. The Balaban J connectivity index is 2.51. The Hall–Kier alpha value is -1.32. The zero-order valence-electron chi connectivity index (χ0n) is 9.01. The number of hydrogen-bond donors (Lipinski definition) is 1. The van der Waals surface area contributed by atoms with Crippen molar-refractivity contribution in [2.75, 3.05) is 0 Å². The van der Waals surface area contributed by atoms with E-state index in [-0.39, 0.29) is 5.43 Å². The summed E-state index contributed by atoms with van der Waals surface area (Å²) in [5.74, 6) is 0.660. The van der Waals surface area contributed by atoms with Gasteiger partial charge in [0.15, 0.2) is 5.43 Å². The minimum absolute atomic E-state index is 0.123. The Morgan fingerprint density at radius 1 is 1.00 bits per heavy atom. The second-order valence-corrected chi connectivity index (χ2v) is 5.32. The van der Waals surface area contributed by atoms with Crippen molar-refractivity contribution in [2.45, 2.75) is 5.75 Å². The molecule has 0 spiro atoms. The Morgan fingerprint density at radius 2 is 1.76 bits per heavy atom. The molecule has 0 fully saturated rings. The molecule has 0 atom stereocenters. The van der Waals surface area contributed by atoms with Gasteiger partial charge in [-0.3, -0.25) is 4.79 Å². The minimum atomic E-state index is 0.123. The summed E-state index contributed by atoms with van der Waals surface area (Å²) < 4.78 is 2.09.